The Kier molecular flexibility index (Phi) is 4.03. The van der Waals surface area contributed by atoms with Crippen LogP contribution in [0.25, 0.3) is 0 Å². The maximum Gasteiger partial charge on any atom is 0.138 e. The normalized spacial score (nSPS) is 10.1. The Morgan fingerprint density at radius 3 is 3.00 bits per heavy atom. The van der Waals surface area contributed by atoms with Gasteiger partial charge in [-0.1, -0.05) is 0 Å². The summed E-state index contributed by atoms with van der Waals surface area (Å²) < 4.78 is 0. The molecule has 0 saturated carbocycles. The second-order valence-electron chi connectivity index (χ2n) is 3.68. The van der Waals surface area contributed by atoms with E-state index in [-0.39, 0.29) is 6.61 Å². The summed E-state index contributed by atoms with van der Waals surface area (Å²) in [6.45, 7) is 0.533. The van der Waals surface area contributed by atoms with Gasteiger partial charge in [0.05, 0.1) is 18.5 Å². The summed E-state index contributed by atoms with van der Waals surface area (Å²) in [6, 6.07) is 5.65. The Labute approximate surface area is 105 Å². The van der Waals surface area contributed by atoms with E-state index in [2.05, 4.69) is 20.3 Å². The van der Waals surface area contributed by atoms with E-state index in [4.69, 9.17) is 5.11 Å². The van der Waals surface area contributed by atoms with Crippen LogP contribution in [0.3, 0.4) is 0 Å². The van der Waals surface area contributed by atoms with Gasteiger partial charge in [-0.25, -0.2) is 9.97 Å². The van der Waals surface area contributed by atoms with Crippen molar-refractivity contribution in [3.63, 3.8) is 0 Å². The van der Waals surface area contributed by atoms with E-state index in [1.165, 1.54) is 6.33 Å². The molecule has 0 aliphatic rings. The molecule has 0 radical (unpaired) electrons. The van der Waals surface area contributed by atoms with Gasteiger partial charge in [-0.05, 0) is 12.1 Å². The Morgan fingerprint density at radius 1 is 1.39 bits per heavy atom. The first kappa shape index (κ1) is 12.3. The average molecular weight is 245 g/mol. The van der Waals surface area contributed by atoms with Crippen molar-refractivity contribution in [1.82, 2.24) is 15.0 Å². The second-order valence-corrected chi connectivity index (χ2v) is 3.68. The molecule has 2 rings (SSSR count). The fraction of sp³-hybridized carbons (Fsp3) is 0.250. The number of nitrogens with zero attached hydrogens (tertiary/aromatic N) is 4. The van der Waals surface area contributed by atoms with Crippen molar-refractivity contribution in [3.8, 4) is 0 Å². The first-order valence-corrected chi connectivity index (χ1v) is 5.62. The molecule has 2 heterocycles. The zero-order valence-electron chi connectivity index (χ0n) is 10.1. The molecule has 2 aromatic rings. The van der Waals surface area contributed by atoms with Gasteiger partial charge in [-0.2, -0.15) is 0 Å². The zero-order valence-corrected chi connectivity index (χ0v) is 10.1. The molecule has 0 atom stereocenters. The quantitative estimate of drug-likeness (QED) is 0.820. The largest absolute Gasteiger partial charge is 0.395 e. The fourth-order valence-electron chi connectivity index (χ4n) is 1.50. The monoisotopic (exact) mass is 245 g/mol. The van der Waals surface area contributed by atoms with Gasteiger partial charge >= 0.3 is 0 Å². The molecule has 18 heavy (non-hydrogen) atoms. The van der Waals surface area contributed by atoms with Crippen molar-refractivity contribution in [2.45, 2.75) is 0 Å². The van der Waals surface area contributed by atoms with Crippen LogP contribution in [0, 0.1) is 0 Å². The van der Waals surface area contributed by atoms with E-state index in [1.54, 1.807) is 12.4 Å². The van der Waals surface area contributed by atoms with Gasteiger partial charge in [0.15, 0.2) is 0 Å². The van der Waals surface area contributed by atoms with E-state index in [1.807, 2.05) is 30.1 Å². The first-order valence-electron chi connectivity index (χ1n) is 5.62. The topological polar surface area (TPSA) is 74.2 Å². The Bertz CT molecular complexity index is 491. The van der Waals surface area contributed by atoms with E-state index in [0.29, 0.717) is 12.4 Å². The fourth-order valence-corrected chi connectivity index (χ4v) is 1.50. The van der Waals surface area contributed by atoms with Gasteiger partial charge in [0, 0.05) is 25.9 Å². The molecule has 0 saturated heterocycles. The highest BCUT2D eigenvalue weighted by atomic mass is 16.3. The molecular formula is C12H15N5O. The maximum atomic E-state index is 8.76. The number of aromatic nitrogens is 3. The van der Waals surface area contributed by atoms with E-state index >= 15 is 0 Å². The van der Waals surface area contributed by atoms with Crippen LogP contribution >= 0.6 is 0 Å². The van der Waals surface area contributed by atoms with Crippen LogP contribution in [0.5, 0.6) is 0 Å². The maximum absolute atomic E-state index is 8.76. The van der Waals surface area contributed by atoms with Crippen LogP contribution in [0.1, 0.15) is 0 Å². The van der Waals surface area contributed by atoms with Crippen molar-refractivity contribution in [2.75, 3.05) is 30.4 Å². The SMILES string of the molecule is CN(c1cccnc1)c1cc(NCCO)ncn1. The molecule has 2 aromatic heterocycles. The smallest absolute Gasteiger partial charge is 0.138 e. The Balaban J connectivity index is 2.17. The summed E-state index contributed by atoms with van der Waals surface area (Å²) in [7, 11) is 1.91. The third-order valence-corrected chi connectivity index (χ3v) is 2.45. The van der Waals surface area contributed by atoms with Crippen molar-refractivity contribution in [3.05, 3.63) is 36.9 Å². The summed E-state index contributed by atoms with van der Waals surface area (Å²) in [5.41, 5.74) is 0.948. The minimum absolute atomic E-state index is 0.0672. The molecule has 0 fully saturated rings. The van der Waals surface area contributed by atoms with E-state index in [9.17, 15) is 0 Å². The van der Waals surface area contributed by atoms with Crippen LogP contribution in [-0.2, 0) is 0 Å². The summed E-state index contributed by atoms with van der Waals surface area (Å²) in [4.78, 5) is 14.3. The molecule has 6 heteroatoms. The summed E-state index contributed by atoms with van der Waals surface area (Å²) in [5.74, 6) is 1.45. The number of rotatable bonds is 5. The van der Waals surface area contributed by atoms with Crippen LogP contribution in [0.2, 0.25) is 0 Å². The lowest BCUT2D eigenvalue weighted by Gasteiger charge is -2.18. The average Bonchev–Trinajstić information content (AvgIpc) is 2.45. The summed E-state index contributed by atoms with van der Waals surface area (Å²) in [6.07, 6.45) is 4.98. The number of aliphatic hydroxyl groups is 1. The Morgan fingerprint density at radius 2 is 2.28 bits per heavy atom. The van der Waals surface area contributed by atoms with Crippen molar-refractivity contribution < 1.29 is 5.11 Å². The third kappa shape index (κ3) is 2.92. The van der Waals surface area contributed by atoms with Gasteiger partial charge in [0.2, 0.25) is 0 Å². The molecule has 0 aromatic carbocycles. The van der Waals surface area contributed by atoms with Gasteiger partial charge in [0.1, 0.15) is 18.0 Å². The molecule has 6 nitrogen and oxygen atoms in total. The number of hydrogen-bond acceptors (Lipinski definition) is 6. The lowest BCUT2D eigenvalue weighted by Crippen LogP contribution is -2.13. The molecule has 0 bridgehead atoms. The van der Waals surface area contributed by atoms with Gasteiger partial charge in [-0.15, -0.1) is 0 Å². The molecule has 0 spiro atoms. The molecule has 0 unspecified atom stereocenters. The van der Waals surface area contributed by atoms with Crippen molar-refractivity contribution in [2.24, 2.45) is 0 Å². The zero-order chi connectivity index (χ0) is 12.8. The van der Waals surface area contributed by atoms with Gasteiger partial charge < -0.3 is 15.3 Å². The number of nitrogens with one attached hydrogen (secondary N) is 1. The summed E-state index contributed by atoms with van der Waals surface area (Å²) in [5, 5.41) is 11.8. The number of aliphatic hydroxyl groups excluding tert-OH is 1. The molecule has 0 aliphatic carbocycles. The summed E-state index contributed by atoms with van der Waals surface area (Å²) >= 11 is 0. The highest BCUT2D eigenvalue weighted by molar-refractivity contribution is 5.60. The number of hydrogen-bond donors (Lipinski definition) is 2. The van der Waals surface area contributed by atoms with Gasteiger partial charge in [0.25, 0.3) is 0 Å². The lowest BCUT2D eigenvalue weighted by molar-refractivity contribution is 0.311. The highest BCUT2D eigenvalue weighted by Crippen LogP contribution is 2.21. The molecule has 2 N–H and O–H groups in total. The molecular weight excluding hydrogens is 230 g/mol. The predicted molar refractivity (Wildman–Crippen MR) is 69.9 cm³/mol. The van der Waals surface area contributed by atoms with Crippen LogP contribution in [0.4, 0.5) is 17.3 Å². The van der Waals surface area contributed by atoms with Crippen LogP contribution in [-0.4, -0.2) is 40.3 Å². The first-order chi connectivity index (χ1) is 8.81. The Hall–Kier alpha value is -2.21. The number of anilines is 3. The highest BCUT2D eigenvalue weighted by Gasteiger charge is 2.06. The van der Waals surface area contributed by atoms with Crippen LogP contribution in [0.15, 0.2) is 36.9 Å². The molecule has 94 valence electrons. The van der Waals surface area contributed by atoms with Crippen molar-refractivity contribution >= 4 is 17.3 Å². The van der Waals surface area contributed by atoms with Crippen LogP contribution < -0.4 is 10.2 Å². The molecule has 0 aliphatic heterocycles. The minimum Gasteiger partial charge on any atom is -0.395 e. The third-order valence-electron chi connectivity index (χ3n) is 2.45. The predicted octanol–water partition coefficient (Wildman–Crippen LogP) is 1.04. The van der Waals surface area contributed by atoms with E-state index < -0.39 is 0 Å². The number of pyridine rings is 1. The standard InChI is InChI=1S/C12H15N5O/c1-17(10-3-2-4-13-8-10)12-7-11(14-5-6-18)15-9-16-12/h2-4,7-9,18H,5-6H2,1H3,(H,14,15,16). The second kappa shape index (κ2) is 5.92. The van der Waals surface area contributed by atoms with Crippen molar-refractivity contribution in [1.29, 1.82) is 0 Å². The van der Waals surface area contributed by atoms with E-state index in [0.717, 1.165) is 11.5 Å². The lowest BCUT2D eigenvalue weighted by atomic mass is 10.3. The minimum atomic E-state index is 0.0672. The van der Waals surface area contributed by atoms with Gasteiger partial charge in [-0.3, -0.25) is 4.98 Å². The molecule has 0 amide bonds.